The average molecular weight is 267 g/mol. The van der Waals surface area contributed by atoms with Gasteiger partial charge in [0, 0.05) is 6.61 Å². The van der Waals surface area contributed by atoms with E-state index in [1.165, 1.54) is 0 Å². The van der Waals surface area contributed by atoms with Crippen LogP contribution in [0.2, 0.25) is 0 Å². The first kappa shape index (κ1) is 14.0. The molecule has 0 saturated carbocycles. The number of esters is 1. The van der Waals surface area contributed by atoms with Crippen LogP contribution in [0.1, 0.15) is 61.8 Å². The van der Waals surface area contributed by atoms with Crippen molar-refractivity contribution in [2.45, 2.75) is 45.6 Å². The van der Waals surface area contributed by atoms with Gasteiger partial charge in [0.2, 0.25) is 0 Å². The minimum atomic E-state index is -0.394. The maximum atomic E-state index is 11.9. The summed E-state index contributed by atoms with van der Waals surface area (Å²) in [4.78, 5) is 11.9. The Balaban J connectivity index is 2.30. The molecule has 2 heterocycles. The summed E-state index contributed by atoms with van der Waals surface area (Å²) in [5, 5.41) is 8.16. The summed E-state index contributed by atoms with van der Waals surface area (Å²) >= 11 is 0. The predicted molar refractivity (Wildman–Crippen MR) is 69.2 cm³/mol. The second-order valence-corrected chi connectivity index (χ2v) is 5.01. The van der Waals surface area contributed by atoms with Gasteiger partial charge in [-0.2, -0.15) is 0 Å². The molecule has 6 nitrogen and oxygen atoms in total. The molecule has 0 amide bonds. The molecule has 106 valence electrons. The lowest BCUT2D eigenvalue weighted by molar-refractivity contribution is 0.0506. The summed E-state index contributed by atoms with van der Waals surface area (Å²) < 4.78 is 12.4. The molecule has 19 heavy (non-hydrogen) atoms. The zero-order valence-corrected chi connectivity index (χ0v) is 11.8. The molecule has 1 aliphatic rings. The number of carbonyl (C=O) groups excluding carboxylic acids is 1. The lowest BCUT2D eigenvalue weighted by Gasteiger charge is -2.24. The zero-order chi connectivity index (χ0) is 13.8. The maximum Gasteiger partial charge on any atom is 0.360 e. The Labute approximate surface area is 113 Å². The van der Waals surface area contributed by atoms with Gasteiger partial charge < -0.3 is 9.47 Å². The summed E-state index contributed by atoms with van der Waals surface area (Å²) in [6.07, 6.45) is 2.02. The molecule has 1 atom stereocenters. The minimum Gasteiger partial charge on any atom is -0.461 e. The van der Waals surface area contributed by atoms with Gasteiger partial charge in [0.1, 0.15) is 0 Å². The lowest BCUT2D eigenvalue weighted by atomic mass is 10.1. The van der Waals surface area contributed by atoms with Crippen molar-refractivity contribution >= 4 is 5.97 Å². The number of carbonyl (C=O) groups is 1. The molecule has 6 heteroatoms. The van der Waals surface area contributed by atoms with Crippen molar-refractivity contribution in [2.24, 2.45) is 0 Å². The van der Waals surface area contributed by atoms with Crippen LogP contribution in [-0.4, -0.2) is 40.8 Å². The van der Waals surface area contributed by atoms with Gasteiger partial charge in [0.25, 0.3) is 0 Å². The van der Waals surface area contributed by atoms with Gasteiger partial charge in [-0.15, -0.1) is 5.10 Å². The fourth-order valence-corrected chi connectivity index (χ4v) is 2.37. The Morgan fingerprint density at radius 3 is 2.95 bits per heavy atom. The zero-order valence-electron chi connectivity index (χ0n) is 11.8. The van der Waals surface area contributed by atoms with Gasteiger partial charge in [-0.05, 0) is 25.7 Å². The first-order valence-corrected chi connectivity index (χ1v) is 6.85. The molecule has 1 aliphatic heterocycles. The van der Waals surface area contributed by atoms with Crippen LogP contribution >= 0.6 is 0 Å². The molecule has 2 rings (SSSR count). The van der Waals surface area contributed by atoms with Crippen molar-refractivity contribution < 1.29 is 14.3 Å². The molecule has 0 bridgehead atoms. The van der Waals surface area contributed by atoms with Gasteiger partial charge >= 0.3 is 5.97 Å². The quantitative estimate of drug-likeness (QED) is 0.780. The highest BCUT2D eigenvalue weighted by Gasteiger charge is 2.27. The number of hydrogen-bond acceptors (Lipinski definition) is 5. The first-order valence-electron chi connectivity index (χ1n) is 6.85. The Hall–Kier alpha value is -1.43. The van der Waals surface area contributed by atoms with E-state index in [1.807, 2.05) is 18.5 Å². The monoisotopic (exact) mass is 267 g/mol. The van der Waals surface area contributed by atoms with E-state index >= 15 is 0 Å². The van der Waals surface area contributed by atoms with E-state index in [9.17, 15) is 4.79 Å². The Bertz CT molecular complexity index is 436. The molecule has 1 aromatic rings. The van der Waals surface area contributed by atoms with Gasteiger partial charge in [0.05, 0.1) is 24.9 Å². The van der Waals surface area contributed by atoms with Crippen molar-refractivity contribution in [3.05, 3.63) is 11.4 Å². The number of rotatable bonds is 4. The maximum absolute atomic E-state index is 11.9. The molecule has 1 aromatic heterocycles. The Morgan fingerprint density at radius 1 is 1.58 bits per heavy atom. The molecule has 1 unspecified atom stereocenters. The second-order valence-electron chi connectivity index (χ2n) is 5.01. The highest BCUT2D eigenvalue weighted by atomic mass is 16.5. The molecular weight excluding hydrogens is 246 g/mol. The van der Waals surface area contributed by atoms with Gasteiger partial charge in [0.15, 0.2) is 5.69 Å². The minimum absolute atomic E-state index is 0.163. The normalized spacial score (nSPS) is 19.7. The standard InChI is InChI=1S/C13H21N3O3/c1-4-19-13(17)11-12(9(2)3)16(15-14-11)10-6-5-7-18-8-10/h9-10H,4-8H2,1-3H3. The number of nitrogens with zero attached hydrogens (tertiary/aromatic N) is 3. The van der Waals surface area contributed by atoms with E-state index in [0.29, 0.717) is 18.9 Å². The molecule has 1 saturated heterocycles. The van der Waals surface area contributed by atoms with E-state index in [-0.39, 0.29) is 12.0 Å². The van der Waals surface area contributed by atoms with Crippen LogP contribution in [0.5, 0.6) is 0 Å². The van der Waals surface area contributed by atoms with E-state index in [1.54, 1.807) is 6.92 Å². The van der Waals surface area contributed by atoms with Crippen LogP contribution < -0.4 is 0 Å². The summed E-state index contributed by atoms with van der Waals surface area (Å²) in [5.41, 5.74) is 1.18. The van der Waals surface area contributed by atoms with E-state index < -0.39 is 5.97 Å². The summed E-state index contributed by atoms with van der Waals surface area (Å²) in [5.74, 6) is -0.231. The van der Waals surface area contributed by atoms with Crippen molar-refractivity contribution in [3.63, 3.8) is 0 Å². The molecule has 0 aliphatic carbocycles. The van der Waals surface area contributed by atoms with Crippen molar-refractivity contribution in [3.8, 4) is 0 Å². The first-order chi connectivity index (χ1) is 9.15. The van der Waals surface area contributed by atoms with Crippen LogP contribution in [-0.2, 0) is 9.47 Å². The van der Waals surface area contributed by atoms with Crippen molar-refractivity contribution in [2.75, 3.05) is 19.8 Å². The third kappa shape index (κ3) is 2.94. The number of hydrogen-bond donors (Lipinski definition) is 0. The topological polar surface area (TPSA) is 66.2 Å². The fraction of sp³-hybridized carbons (Fsp3) is 0.769. The molecule has 0 radical (unpaired) electrons. The molecular formula is C13H21N3O3. The molecule has 1 fully saturated rings. The summed E-state index contributed by atoms with van der Waals surface area (Å²) in [6.45, 7) is 7.61. The van der Waals surface area contributed by atoms with Gasteiger partial charge in [-0.3, -0.25) is 0 Å². The van der Waals surface area contributed by atoms with E-state index in [0.717, 1.165) is 25.1 Å². The van der Waals surface area contributed by atoms with Crippen LogP contribution in [0.3, 0.4) is 0 Å². The fourth-order valence-electron chi connectivity index (χ4n) is 2.37. The van der Waals surface area contributed by atoms with E-state index in [4.69, 9.17) is 9.47 Å². The lowest BCUT2D eigenvalue weighted by Crippen LogP contribution is -2.24. The number of ether oxygens (including phenoxy) is 2. The average Bonchev–Trinajstić information content (AvgIpc) is 2.85. The SMILES string of the molecule is CCOC(=O)c1nnn(C2CCCOC2)c1C(C)C. The summed E-state index contributed by atoms with van der Waals surface area (Å²) in [7, 11) is 0. The highest BCUT2D eigenvalue weighted by Crippen LogP contribution is 2.26. The smallest absolute Gasteiger partial charge is 0.360 e. The van der Waals surface area contributed by atoms with Crippen LogP contribution in [0.25, 0.3) is 0 Å². The molecule has 0 N–H and O–H groups in total. The Kier molecular flexibility index (Phi) is 4.52. The van der Waals surface area contributed by atoms with Crippen LogP contribution in [0.4, 0.5) is 0 Å². The highest BCUT2D eigenvalue weighted by molar-refractivity contribution is 5.88. The summed E-state index contributed by atoms with van der Waals surface area (Å²) in [6, 6.07) is 0.168. The van der Waals surface area contributed by atoms with Crippen LogP contribution in [0.15, 0.2) is 0 Å². The largest absolute Gasteiger partial charge is 0.461 e. The molecule has 0 aromatic carbocycles. The van der Waals surface area contributed by atoms with Gasteiger partial charge in [-0.1, -0.05) is 19.1 Å². The number of aromatic nitrogens is 3. The predicted octanol–water partition coefficient (Wildman–Crippen LogP) is 1.93. The van der Waals surface area contributed by atoms with E-state index in [2.05, 4.69) is 10.3 Å². The van der Waals surface area contributed by atoms with Crippen molar-refractivity contribution in [1.82, 2.24) is 15.0 Å². The third-order valence-corrected chi connectivity index (χ3v) is 3.23. The Morgan fingerprint density at radius 2 is 2.37 bits per heavy atom. The molecule has 0 spiro atoms. The third-order valence-electron chi connectivity index (χ3n) is 3.23. The van der Waals surface area contributed by atoms with Crippen molar-refractivity contribution in [1.29, 1.82) is 0 Å². The van der Waals surface area contributed by atoms with Crippen LogP contribution in [0, 0.1) is 0 Å². The second kappa shape index (κ2) is 6.14. The van der Waals surface area contributed by atoms with Gasteiger partial charge in [-0.25, -0.2) is 9.48 Å².